The van der Waals surface area contributed by atoms with Gasteiger partial charge in [0.25, 0.3) is 5.56 Å². The molecule has 1 aromatic heterocycles. The van der Waals surface area contributed by atoms with Crippen LogP contribution in [-0.2, 0) is 7.05 Å². The number of anilines is 1. The van der Waals surface area contributed by atoms with Crippen LogP contribution in [0.15, 0.2) is 35.1 Å². The summed E-state index contributed by atoms with van der Waals surface area (Å²) in [6.45, 7) is 4.46. The van der Waals surface area contributed by atoms with Gasteiger partial charge in [-0.1, -0.05) is 31.5 Å². The van der Waals surface area contributed by atoms with Crippen molar-refractivity contribution < 1.29 is 4.79 Å². The molecule has 0 atom stereocenters. The Balaban J connectivity index is 2.27. The van der Waals surface area contributed by atoms with E-state index in [1.807, 2.05) is 37.3 Å². The number of aromatic nitrogens is 2. The molecule has 0 saturated heterocycles. The van der Waals surface area contributed by atoms with Crippen LogP contribution in [0.5, 0.6) is 0 Å². The maximum atomic E-state index is 12.6. The summed E-state index contributed by atoms with van der Waals surface area (Å²) in [6, 6.07) is 8.99. The molecule has 0 spiro atoms. The lowest BCUT2D eigenvalue weighted by Gasteiger charge is -2.07. The third-order valence-corrected chi connectivity index (χ3v) is 3.61. The molecule has 2 aromatic rings. The van der Waals surface area contributed by atoms with Gasteiger partial charge in [-0.25, -0.2) is 9.48 Å². The number of urea groups is 1. The first-order chi connectivity index (χ1) is 10.6. The predicted molar refractivity (Wildman–Crippen MR) is 87.7 cm³/mol. The zero-order valence-electron chi connectivity index (χ0n) is 13.2. The SMILES string of the molecule is CCCCNC(=O)Nc1c(C)n(C)n(-c2ccccc2)c1=O. The van der Waals surface area contributed by atoms with Crippen LogP contribution in [-0.4, -0.2) is 21.9 Å². The first-order valence-electron chi connectivity index (χ1n) is 7.45. The van der Waals surface area contributed by atoms with E-state index in [0.29, 0.717) is 17.9 Å². The van der Waals surface area contributed by atoms with Crippen molar-refractivity contribution in [3.8, 4) is 5.69 Å². The number of nitrogens with one attached hydrogen (secondary N) is 2. The van der Waals surface area contributed by atoms with E-state index in [9.17, 15) is 9.59 Å². The van der Waals surface area contributed by atoms with E-state index in [4.69, 9.17) is 0 Å². The summed E-state index contributed by atoms with van der Waals surface area (Å²) >= 11 is 0. The Morgan fingerprint density at radius 2 is 1.91 bits per heavy atom. The van der Waals surface area contributed by atoms with E-state index in [-0.39, 0.29) is 11.6 Å². The van der Waals surface area contributed by atoms with Gasteiger partial charge in [-0.05, 0) is 25.5 Å². The number of amides is 2. The van der Waals surface area contributed by atoms with E-state index in [1.54, 1.807) is 11.7 Å². The van der Waals surface area contributed by atoms with E-state index < -0.39 is 0 Å². The zero-order valence-corrected chi connectivity index (χ0v) is 13.2. The minimum atomic E-state index is -0.348. The average Bonchev–Trinajstić information content (AvgIpc) is 2.72. The monoisotopic (exact) mass is 302 g/mol. The molecule has 22 heavy (non-hydrogen) atoms. The summed E-state index contributed by atoms with van der Waals surface area (Å²) in [5.74, 6) is 0. The van der Waals surface area contributed by atoms with E-state index >= 15 is 0 Å². The molecule has 2 amide bonds. The topological polar surface area (TPSA) is 68.1 Å². The number of unbranched alkanes of at least 4 members (excludes halogenated alkanes) is 1. The fourth-order valence-electron chi connectivity index (χ4n) is 2.25. The highest BCUT2D eigenvalue weighted by Crippen LogP contribution is 2.13. The van der Waals surface area contributed by atoms with E-state index in [0.717, 1.165) is 18.5 Å². The molecule has 0 aliphatic heterocycles. The van der Waals surface area contributed by atoms with Gasteiger partial charge in [0.05, 0.1) is 11.4 Å². The van der Waals surface area contributed by atoms with Crippen molar-refractivity contribution in [3.05, 3.63) is 46.4 Å². The second kappa shape index (κ2) is 6.98. The quantitative estimate of drug-likeness (QED) is 0.833. The molecular formula is C16H22N4O2. The van der Waals surface area contributed by atoms with Gasteiger partial charge in [-0.3, -0.25) is 9.48 Å². The predicted octanol–water partition coefficient (Wildman–Crippen LogP) is 2.41. The van der Waals surface area contributed by atoms with Crippen LogP contribution in [0.3, 0.4) is 0 Å². The van der Waals surface area contributed by atoms with Crippen LogP contribution < -0.4 is 16.2 Å². The number of benzene rings is 1. The van der Waals surface area contributed by atoms with Crippen molar-refractivity contribution in [2.45, 2.75) is 26.7 Å². The smallest absolute Gasteiger partial charge is 0.319 e. The molecule has 0 bridgehead atoms. The zero-order chi connectivity index (χ0) is 16.1. The molecule has 0 fully saturated rings. The summed E-state index contributed by atoms with van der Waals surface area (Å²) in [4.78, 5) is 24.4. The largest absolute Gasteiger partial charge is 0.338 e. The third kappa shape index (κ3) is 3.21. The molecule has 0 radical (unpaired) electrons. The maximum absolute atomic E-state index is 12.6. The van der Waals surface area contributed by atoms with E-state index in [1.165, 1.54) is 4.68 Å². The Kier molecular flexibility index (Phi) is 5.04. The summed E-state index contributed by atoms with van der Waals surface area (Å²) in [7, 11) is 1.80. The van der Waals surface area contributed by atoms with Crippen LogP contribution in [0.2, 0.25) is 0 Å². The summed E-state index contributed by atoms with van der Waals surface area (Å²) in [5, 5.41) is 5.41. The Morgan fingerprint density at radius 3 is 2.55 bits per heavy atom. The fourth-order valence-corrected chi connectivity index (χ4v) is 2.25. The molecule has 0 saturated carbocycles. The van der Waals surface area contributed by atoms with Crippen LogP contribution in [0.4, 0.5) is 10.5 Å². The van der Waals surface area contributed by atoms with Gasteiger partial charge in [-0.2, -0.15) is 0 Å². The number of carbonyl (C=O) groups is 1. The molecule has 2 rings (SSSR count). The Bertz CT molecular complexity index is 701. The first-order valence-corrected chi connectivity index (χ1v) is 7.45. The number of para-hydroxylation sites is 1. The van der Waals surface area contributed by atoms with Gasteiger partial charge >= 0.3 is 6.03 Å². The van der Waals surface area contributed by atoms with Gasteiger partial charge in [-0.15, -0.1) is 0 Å². The van der Waals surface area contributed by atoms with Crippen molar-refractivity contribution >= 4 is 11.7 Å². The van der Waals surface area contributed by atoms with Gasteiger partial charge in [0.1, 0.15) is 5.69 Å². The van der Waals surface area contributed by atoms with Crippen LogP contribution >= 0.6 is 0 Å². The number of rotatable bonds is 5. The summed E-state index contributed by atoms with van der Waals surface area (Å²) in [5.41, 5.74) is 1.54. The lowest BCUT2D eigenvalue weighted by Crippen LogP contribution is -2.31. The minimum absolute atomic E-state index is 0.239. The maximum Gasteiger partial charge on any atom is 0.319 e. The molecule has 0 unspecified atom stereocenters. The Labute approximate surface area is 129 Å². The second-order valence-corrected chi connectivity index (χ2v) is 5.17. The fraction of sp³-hybridized carbons (Fsp3) is 0.375. The van der Waals surface area contributed by atoms with Gasteiger partial charge in [0.15, 0.2) is 0 Å². The molecular weight excluding hydrogens is 280 g/mol. The highest BCUT2D eigenvalue weighted by molar-refractivity contribution is 5.89. The number of carbonyl (C=O) groups excluding carboxylic acids is 1. The van der Waals surface area contributed by atoms with Gasteiger partial charge in [0, 0.05) is 13.6 Å². The van der Waals surface area contributed by atoms with Crippen molar-refractivity contribution in [2.24, 2.45) is 7.05 Å². The number of hydrogen-bond donors (Lipinski definition) is 2. The Hall–Kier alpha value is -2.50. The normalized spacial score (nSPS) is 10.5. The molecule has 6 nitrogen and oxygen atoms in total. The number of hydrogen-bond acceptors (Lipinski definition) is 2. The lowest BCUT2D eigenvalue weighted by molar-refractivity contribution is 0.252. The van der Waals surface area contributed by atoms with E-state index in [2.05, 4.69) is 17.6 Å². The van der Waals surface area contributed by atoms with Crippen molar-refractivity contribution in [3.63, 3.8) is 0 Å². The van der Waals surface area contributed by atoms with Crippen LogP contribution in [0.25, 0.3) is 5.69 Å². The third-order valence-electron chi connectivity index (χ3n) is 3.61. The molecule has 0 aliphatic carbocycles. The molecule has 1 heterocycles. The average molecular weight is 302 g/mol. The molecule has 1 aromatic carbocycles. The van der Waals surface area contributed by atoms with Gasteiger partial charge < -0.3 is 10.6 Å². The highest BCUT2D eigenvalue weighted by atomic mass is 16.2. The highest BCUT2D eigenvalue weighted by Gasteiger charge is 2.17. The lowest BCUT2D eigenvalue weighted by atomic mass is 10.3. The number of nitrogens with zero attached hydrogens (tertiary/aromatic N) is 2. The second-order valence-electron chi connectivity index (χ2n) is 5.17. The Morgan fingerprint density at radius 1 is 1.23 bits per heavy atom. The standard InChI is InChI=1S/C16H22N4O2/c1-4-5-11-17-16(22)18-14-12(2)19(3)20(15(14)21)13-9-7-6-8-10-13/h6-10H,4-5,11H2,1-3H3,(H2,17,18,22). The van der Waals surface area contributed by atoms with Crippen LogP contribution in [0.1, 0.15) is 25.5 Å². The minimum Gasteiger partial charge on any atom is -0.338 e. The summed E-state index contributed by atoms with van der Waals surface area (Å²) < 4.78 is 3.27. The molecule has 6 heteroatoms. The first kappa shape index (κ1) is 15.9. The van der Waals surface area contributed by atoms with Crippen molar-refractivity contribution in [1.29, 1.82) is 0 Å². The molecule has 118 valence electrons. The summed E-state index contributed by atoms with van der Waals surface area (Å²) in [6.07, 6.45) is 1.92. The van der Waals surface area contributed by atoms with Crippen molar-refractivity contribution in [2.75, 3.05) is 11.9 Å². The molecule has 2 N–H and O–H groups in total. The van der Waals surface area contributed by atoms with Gasteiger partial charge in [0.2, 0.25) is 0 Å². The molecule has 0 aliphatic rings. The van der Waals surface area contributed by atoms with Crippen LogP contribution in [0, 0.1) is 6.92 Å². The van der Waals surface area contributed by atoms with Crippen molar-refractivity contribution in [1.82, 2.24) is 14.7 Å².